The molecule has 6 heteroatoms. The van der Waals surface area contributed by atoms with Crippen molar-refractivity contribution in [2.45, 2.75) is 33.6 Å². The van der Waals surface area contributed by atoms with E-state index in [2.05, 4.69) is 23.9 Å². The van der Waals surface area contributed by atoms with E-state index in [1.165, 1.54) is 18.9 Å². The van der Waals surface area contributed by atoms with E-state index in [1.807, 2.05) is 0 Å². The Kier molecular flexibility index (Phi) is 7.95. The summed E-state index contributed by atoms with van der Waals surface area (Å²) in [6.07, 6.45) is 1.13. The van der Waals surface area contributed by atoms with Crippen LogP contribution in [0.4, 0.5) is 5.69 Å². The maximum Gasteiger partial charge on any atom is 0.337 e. The maximum absolute atomic E-state index is 11.9. The molecular formula is C18H26N2O4. The predicted molar refractivity (Wildman–Crippen MR) is 92.9 cm³/mol. The maximum atomic E-state index is 11.9. The highest BCUT2D eigenvalue weighted by molar-refractivity contribution is 5.95. The largest absolute Gasteiger partial charge is 0.465 e. The molecule has 0 bridgehead atoms. The fraction of sp³-hybridized carbons (Fsp3) is 0.500. The molecule has 0 spiro atoms. The van der Waals surface area contributed by atoms with Crippen molar-refractivity contribution in [2.24, 2.45) is 5.92 Å². The van der Waals surface area contributed by atoms with Gasteiger partial charge in [0.1, 0.15) is 0 Å². The van der Waals surface area contributed by atoms with Crippen molar-refractivity contribution < 1.29 is 19.1 Å². The summed E-state index contributed by atoms with van der Waals surface area (Å²) in [5, 5.41) is 2.85. The Bertz CT molecular complexity index is 584. The number of amides is 2. The number of nitrogens with zero attached hydrogens (tertiary/aromatic N) is 1. The molecule has 1 aromatic rings. The molecule has 0 fully saturated rings. The number of anilines is 1. The Morgan fingerprint density at radius 1 is 1.25 bits per heavy atom. The van der Waals surface area contributed by atoms with Crippen LogP contribution in [0.25, 0.3) is 0 Å². The lowest BCUT2D eigenvalue weighted by atomic mass is 10.1. The standard InChI is InChI=1S/C18H26N2O4/c1-13(2)8-10-19-17(22)9-11-20(14(3)21)16-7-5-6-15(12-16)18(23)24-4/h5-7,12-13H,8-11H2,1-4H3,(H,19,22). The summed E-state index contributed by atoms with van der Waals surface area (Å²) < 4.78 is 4.69. The van der Waals surface area contributed by atoms with Gasteiger partial charge in [-0.25, -0.2) is 4.79 Å². The molecular weight excluding hydrogens is 308 g/mol. The van der Waals surface area contributed by atoms with Crippen molar-refractivity contribution in [2.75, 3.05) is 25.1 Å². The van der Waals surface area contributed by atoms with Crippen molar-refractivity contribution in [1.29, 1.82) is 0 Å². The second-order valence-electron chi connectivity index (χ2n) is 6.00. The van der Waals surface area contributed by atoms with Crippen LogP contribution in [-0.4, -0.2) is 38.0 Å². The Morgan fingerprint density at radius 3 is 2.54 bits per heavy atom. The number of hydrogen-bond donors (Lipinski definition) is 1. The lowest BCUT2D eigenvalue weighted by Gasteiger charge is -2.21. The van der Waals surface area contributed by atoms with Gasteiger partial charge in [0.2, 0.25) is 11.8 Å². The summed E-state index contributed by atoms with van der Waals surface area (Å²) in [5.74, 6) is -0.218. The summed E-state index contributed by atoms with van der Waals surface area (Å²) in [6.45, 7) is 6.51. The first-order valence-electron chi connectivity index (χ1n) is 8.08. The number of carbonyl (C=O) groups excluding carboxylic acids is 3. The first kappa shape index (κ1) is 19.7. The lowest BCUT2D eigenvalue weighted by molar-refractivity contribution is -0.121. The van der Waals surface area contributed by atoms with Crippen LogP contribution < -0.4 is 10.2 Å². The number of rotatable bonds is 8. The smallest absolute Gasteiger partial charge is 0.337 e. The number of benzene rings is 1. The zero-order valence-corrected chi connectivity index (χ0v) is 14.8. The molecule has 1 rings (SSSR count). The third kappa shape index (κ3) is 6.40. The van der Waals surface area contributed by atoms with Crippen LogP contribution in [0, 0.1) is 5.92 Å². The van der Waals surface area contributed by atoms with E-state index < -0.39 is 5.97 Å². The number of methoxy groups -OCH3 is 1. The van der Waals surface area contributed by atoms with Crippen molar-refractivity contribution in [3.8, 4) is 0 Å². The molecule has 0 saturated carbocycles. The highest BCUT2D eigenvalue weighted by Gasteiger charge is 2.15. The highest BCUT2D eigenvalue weighted by Crippen LogP contribution is 2.17. The summed E-state index contributed by atoms with van der Waals surface area (Å²) in [7, 11) is 1.30. The molecule has 0 saturated heterocycles. The van der Waals surface area contributed by atoms with Gasteiger partial charge in [-0.1, -0.05) is 19.9 Å². The number of esters is 1. The second-order valence-corrected chi connectivity index (χ2v) is 6.00. The van der Waals surface area contributed by atoms with Crippen molar-refractivity contribution in [3.05, 3.63) is 29.8 Å². The minimum absolute atomic E-state index is 0.0916. The van der Waals surface area contributed by atoms with Gasteiger partial charge in [0.25, 0.3) is 0 Å². The topological polar surface area (TPSA) is 75.7 Å². The Hall–Kier alpha value is -2.37. The molecule has 0 aromatic heterocycles. The summed E-state index contributed by atoms with van der Waals surface area (Å²) in [5.41, 5.74) is 0.933. The highest BCUT2D eigenvalue weighted by atomic mass is 16.5. The van der Waals surface area contributed by atoms with Gasteiger partial charge < -0.3 is 15.0 Å². The molecule has 6 nitrogen and oxygen atoms in total. The van der Waals surface area contributed by atoms with E-state index >= 15 is 0 Å². The van der Waals surface area contributed by atoms with Crippen LogP contribution in [0.5, 0.6) is 0 Å². The lowest BCUT2D eigenvalue weighted by Crippen LogP contribution is -2.34. The van der Waals surface area contributed by atoms with Gasteiger partial charge in [-0.3, -0.25) is 9.59 Å². The molecule has 2 amide bonds. The molecule has 0 aliphatic rings. The van der Waals surface area contributed by atoms with E-state index in [4.69, 9.17) is 0 Å². The molecule has 0 aliphatic heterocycles. The van der Waals surface area contributed by atoms with Crippen molar-refractivity contribution in [3.63, 3.8) is 0 Å². The first-order chi connectivity index (χ1) is 11.3. The Labute approximate surface area is 143 Å². The summed E-state index contributed by atoms with van der Waals surface area (Å²) >= 11 is 0. The van der Waals surface area contributed by atoms with Crippen LogP contribution in [0.2, 0.25) is 0 Å². The van der Waals surface area contributed by atoms with Gasteiger partial charge >= 0.3 is 5.97 Å². The molecule has 24 heavy (non-hydrogen) atoms. The molecule has 0 aliphatic carbocycles. The minimum Gasteiger partial charge on any atom is -0.465 e. The van der Waals surface area contributed by atoms with Gasteiger partial charge in [0.15, 0.2) is 0 Å². The molecule has 1 aromatic carbocycles. The molecule has 0 unspecified atom stereocenters. The fourth-order valence-electron chi connectivity index (χ4n) is 2.19. The zero-order valence-electron chi connectivity index (χ0n) is 14.8. The zero-order chi connectivity index (χ0) is 18.1. The molecule has 0 atom stereocenters. The average Bonchev–Trinajstić information content (AvgIpc) is 2.54. The number of hydrogen-bond acceptors (Lipinski definition) is 4. The van der Waals surface area contributed by atoms with Gasteiger partial charge in [-0.15, -0.1) is 0 Å². The number of nitrogens with one attached hydrogen (secondary N) is 1. The summed E-state index contributed by atoms with van der Waals surface area (Å²) in [4.78, 5) is 36.9. The molecule has 0 radical (unpaired) electrons. The van der Waals surface area contributed by atoms with Crippen LogP contribution in [-0.2, 0) is 14.3 Å². The van der Waals surface area contributed by atoms with E-state index in [-0.39, 0.29) is 24.8 Å². The van der Waals surface area contributed by atoms with Crippen LogP contribution in [0.1, 0.15) is 44.0 Å². The normalized spacial score (nSPS) is 10.4. The van der Waals surface area contributed by atoms with Crippen molar-refractivity contribution >= 4 is 23.5 Å². The molecule has 0 heterocycles. The van der Waals surface area contributed by atoms with E-state index in [0.29, 0.717) is 23.7 Å². The van der Waals surface area contributed by atoms with Gasteiger partial charge in [0.05, 0.1) is 12.7 Å². The van der Waals surface area contributed by atoms with Crippen LogP contribution >= 0.6 is 0 Å². The fourth-order valence-corrected chi connectivity index (χ4v) is 2.19. The van der Waals surface area contributed by atoms with Gasteiger partial charge in [0, 0.05) is 32.1 Å². The predicted octanol–water partition coefficient (Wildman–Crippen LogP) is 2.38. The van der Waals surface area contributed by atoms with E-state index in [0.717, 1.165) is 6.42 Å². The third-order valence-corrected chi connectivity index (χ3v) is 3.57. The Balaban J connectivity index is 2.69. The third-order valence-electron chi connectivity index (χ3n) is 3.57. The average molecular weight is 334 g/mol. The number of carbonyl (C=O) groups is 3. The Morgan fingerprint density at radius 2 is 1.96 bits per heavy atom. The second kappa shape index (κ2) is 9.70. The first-order valence-corrected chi connectivity index (χ1v) is 8.08. The SMILES string of the molecule is COC(=O)c1cccc(N(CCC(=O)NCCC(C)C)C(C)=O)c1. The minimum atomic E-state index is -0.466. The van der Waals surface area contributed by atoms with Gasteiger partial charge in [-0.2, -0.15) is 0 Å². The quantitative estimate of drug-likeness (QED) is 0.741. The van der Waals surface area contributed by atoms with Gasteiger partial charge in [-0.05, 0) is 30.5 Å². The van der Waals surface area contributed by atoms with E-state index in [9.17, 15) is 14.4 Å². The van der Waals surface area contributed by atoms with E-state index in [1.54, 1.807) is 24.3 Å². The number of ether oxygens (including phenoxy) is 1. The molecule has 132 valence electrons. The molecule has 1 N–H and O–H groups in total. The summed E-state index contributed by atoms with van der Waals surface area (Å²) in [6, 6.07) is 6.61. The van der Waals surface area contributed by atoms with Crippen molar-refractivity contribution in [1.82, 2.24) is 5.32 Å². The van der Waals surface area contributed by atoms with Crippen LogP contribution in [0.15, 0.2) is 24.3 Å². The monoisotopic (exact) mass is 334 g/mol. The van der Waals surface area contributed by atoms with Crippen LogP contribution in [0.3, 0.4) is 0 Å².